The fourth-order valence-corrected chi connectivity index (χ4v) is 4.62. The van der Waals surface area contributed by atoms with Gasteiger partial charge in [0.2, 0.25) is 0 Å². The summed E-state index contributed by atoms with van der Waals surface area (Å²) < 4.78 is 26.7. The molecule has 0 unspecified atom stereocenters. The highest BCUT2D eigenvalue weighted by atomic mass is 79.9. The van der Waals surface area contributed by atoms with E-state index in [9.17, 15) is 8.42 Å². The molecule has 0 atom stereocenters. The van der Waals surface area contributed by atoms with E-state index in [4.69, 9.17) is 0 Å². The second-order valence-electron chi connectivity index (χ2n) is 3.34. The van der Waals surface area contributed by atoms with Gasteiger partial charge in [0.1, 0.15) is 4.21 Å². The van der Waals surface area contributed by atoms with E-state index in [0.29, 0.717) is 10.8 Å². The number of hydrogen-bond donors (Lipinski definition) is 1. The van der Waals surface area contributed by atoms with Crippen molar-refractivity contribution in [2.75, 3.05) is 27.2 Å². The first-order valence-electron chi connectivity index (χ1n) is 4.84. The maximum Gasteiger partial charge on any atom is 0.252 e. The van der Waals surface area contributed by atoms with E-state index < -0.39 is 10.0 Å². The zero-order valence-electron chi connectivity index (χ0n) is 9.23. The summed E-state index contributed by atoms with van der Waals surface area (Å²) in [5, 5.41) is 2.99. The van der Waals surface area contributed by atoms with Gasteiger partial charge in [-0.25, -0.2) is 12.7 Å². The summed E-state index contributed by atoms with van der Waals surface area (Å²) in [6.45, 7) is 1.34. The monoisotopic (exact) mass is 326 g/mol. The Morgan fingerprint density at radius 3 is 2.69 bits per heavy atom. The van der Waals surface area contributed by atoms with E-state index in [0.717, 1.165) is 16.8 Å². The molecule has 0 amide bonds. The quantitative estimate of drug-likeness (QED) is 0.810. The Morgan fingerprint density at radius 1 is 1.50 bits per heavy atom. The molecule has 92 valence electrons. The van der Waals surface area contributed by atoms with Crippen LogP contribution in [-0.2, 0) is 10.0 Å². The largest absolute Gasteiger partial charge is 0.320 e. The van der Waals surface area contributed by atoms with Gasteiger partial charge in [-0.1, -0.05) is 0 Å². The lowest BCUT2D eigenvalue weighted by Gasteiger charge is -2.15. The third-order valence-corrected chi connectivity index (χ3v) is 6.06. The van der Waals surface area contributed by atoms with Crippen molar-refractivity contribution in [3.63, 3.8) is 0 Å². The number of nitrogens with zero attached hydrogens (tertiary/aromatic N) is 1. The van der Waals surface area contributed by atoms with Gasteiger partial charge < -0.3 is 5.32 Å². The minimum absolute atomic E-state index is 0.381. The first-order valence-corrected chi connectivity index (χ1v) is 7.89. The molecule has 0 aliphatic rings. The number of rotatable bonds is 6. The molecule has 0 aliphatic carbocycles. The van der Waals surface area contributed by atoms with Crippen molar-refractivity contribution < 1.29 is 8.42 Å². The Balaban J connectivity index is 2.70. The molecule has 1 heterocycles. The van der Waals surface area contributed by atoms with Crippen molar-refractivity contribution >= 4 is 37.3 Å². The van der Waals surface area contributed by atoms with Crippen LogP contribution in [0.5, 0.6) is 0 Å². The molecule has 16 heavy (non-hydrogen) atoms. The molecule has 0 fully saturated rings. The van der Waals surface area contributed by atoms with Crippen LogP contribution in [0.15, 0.2) is 20.1 Å². The molecule has 0 radical (unpaired) electrons. The van der Waals surface area contributed by atoms with Crippen LogP contribution in [0.3, 0.4) is 0 Å². The van der Waals surface area contributed by atoms with Crippen LogP contribution in [0.25, 0.3) is 0 Å². The molecule has 7 heteroatoms. The molecular formula is C9H15BrN2O2S2. The average Bonchev–Trinajstić information content (AvgIpc) is 2.65. The number of halogens is 1. The molecule has 1 rings (SSSR count). The molecule has 1 N–H and O–H groups in total. The highest BCUT2D eigenvalue weighted by Crippen LogP contribution is 2.27. The van der Waals surface area contributed by atoms with Crippen molar-refractivity contribution in [2.24, 2.45) is 0 Å². The third kappa shape index (κ3) is 3.53. The van der Waals surface area contributed by atoms with Crippen LogP contribution in [0.4, 0.5) is 0 Å². The minimum atomic E-state index is -3.30. The van der Waals surface area contributed by atoms with Crippen molar-refractivity contribution in [3.05, 3.63) is 15.9 Å². The molecule has 0 saturated carbocycles. The molecule has 0 bridgehead atoms. The van der Waals surface area contributed by atoms with Gasteiger partial charge in [-0.3, -0.25) is 0 Å². The van der Waals surface area contributed by atoms with E-state index in [-0.39, 0.29) is 0 Å². The SMILES string of the molecule is CNCCCN(C)S(=O)(=O)c1ccc(Br)s1. The molecule has 1 aromatic heterocycles. The predicted octanol–water partition coefficient (Wildman–Crippen LogP) is 1.74. The zero-order valence-corrected chi connectivity index (χ0v) is 12.5. The Labute approximate surface area is 109 Å². The number of hydrogen-bond acceptors (Lipinski definition) is 4. The van der Waals surface area contributed by atoms with Crippen LogP contribution in [0, 0.1) is 0 Å². The predicted molar refractivity (Wildman–Crippen MR) is 70.4 cm³/mol. The molecular weight excluding hydrogens is 312 g/mol. The summed E-state index contributed by atoms with van der Waals surface area (Å²) in [6.07, 6.45) is 0.804. The van der Waals surface area contributed by atoms with Crippen molar-refractivity contribution in [1.82, 2.24) is 9.62 Å². The number of thiophene rings is 1. The van der Waals surface area contributed by atoms with Crippen LogP contribution in [0.1, 0.15) is 6.42 Å². The molecule has 0 saturated heterocycles. The Morgan fingerprint density at radius 2 is 2.19 bits per heavy atom. The fourth-order valence-electron chi connectivity index (χ4n) is 1.19. The standard InChI is InChI=1S/C9H15BrN2O2S2/c1-11-6-3-7-12(2)16(13,14)9-5-4-8(10)15-9/h4-5,11H,3,6-7H2,1-2H3. The van der Waals surface area contributed by atoms with Gasteiger partial charge in [-0.15, -0.1) is 11.3 Å². The van der Waals surface area contributed by atoms with Gasteiger partial charge in [0.05, 0.1) is 3.79 Å². The summed E-state index contributed by atoms with van der Waals surface area (Å²) in [4.78, 5) is 0. The Bertz CT molecular complexity index is 430. The van der Waals surface area contributed by atoms with E-state index >= 15 is 0 Å². The first kappa shape index (κ1) is 14.1. The number of nitrogens with one attached hydrogen (secondary N) is 1. The second-order valence-corrected chi connectivity index (χ2v) is 8.08. The highest BCUT2D eigenvalue weighted by molar-refractivity contribution is 9.11. The van der Waals surface area contributed by atoms with Crippen LogP contribution < -0.4 is 5.32 Å². The first-order chi connectivity index (χ1) is 7.48. The topological polar surface area (TPSA) is 49.4 Å². The maximum atomic E-state index is 12.0. The molecule has 4 nitrogen and oxygen atoms in total. The lowest BCUT2D eigenvalue weighted by Crippen LogP contribution is -2.29. The lowest BCUT2D eigenvalue weighted by atomic mass is 10.4. The van der Waals surface area contributed by atoms with E-state index in [2.05, 4.69) is 21.2 Å². The van der Waals surface area contributed by atoms with Crippen LogP contribution in [-0.4, -0.2) is 39.9 Å². The lowest BCUT2D eigenvalue weighted by molar-refractivity contribution is 0.459. The van der Waals surface area contributed by atoms with Crippen LogP contribution in [0.2, 0.25) is 0 Å². The van der Waals surface area contributed by atoms with Gasteiger partial charge in [0.25, 0.3) is 10.0 Å². The van der Waals surface area contributed by atoms with E-state index in [1.165, 1.54) is 15.6 Å². The molecule has 0 aromatic carbocycles. The Kier molecular flexibility index (Phi) is 5.39. The summed E-state index contributed by atoms with van der Waals surface area (Å²) in [5.74, 6) is 0. The highest BCUT2D eigenvalue weighted by Gasteiger charge is 2.21. The molecule has 0 spiro atoms. The second kappa shape index (κ2) is 6.11. The van der Waals surface area contributed by atoms with Gasteiger partial charge in [0, 0.05) is 13.6 Å². The fraction of sp³-hybridized carbons (Fsp3) is 0.556. The number of sulfonamides is 1. The summed E-state index contributed by atoms with van der Waals surface area (Å²) in [7, 11) is 0.157. The van der Waals surface area contributed by atoms with Gasteiger partial charge >= 0.3 is 0 Å². The van der Waals surface area contributed by atoms with Gasteiger partial charge in [0.15, 0.2) is 0 Å². The van der Waals surface area contributed by atoms with Crippen molar-refractivity contribution in [3.8, 4) is 0 Å². The molecule has 0 aliphatic heterocycles. The Hall–Kier alpha value is 0.0500. The van der Waals surface area contributed by atoms with Crippen LogP contribution >= 0.6 is 27.3 Å². The molecule has 1 aromatic rings. The van der Waals surface area contributed by atoms with Gasteiger partial charge in [-0.05, 0) is 48.1 Å². The smallest absolute Gasteiger partial charge is 0.252 e. The maximum absolute atomic E-state index is 12.0. The summed E-state index contributed by atoms with van der Waals surface area (Å²) in [6, 6.07) is 3.37. The van der Waals surface area contributed by atoms with E-state index in [1.54, 1.807) is 19.2 Å². The zero-order chi connectivity index (χ0) is 12.2. The average molecular weight is 327 g/mol. The normalized spacial score (nSPS) is 12.2. The third-order valence-electron chi connectivity index (χ3n) is 2.11. The minimum Gasteiger partial charge on any atom is -0.320 e. The summed E-state index contributed by atoms with van der Waals surface area (Å²) in [5.41, 5.74) is 0. The van der Waals surface area contributed by atoms with Gasteiger partial charge in [-0.2, -0.15) is 0 Å². The summed E-state index contributed by atoms with van der Waals surface area (Å²) >= 11 is 4.50. The van der Waals surface area contributed by atoms with Crippen molar-refractivity contribution in [1.29, 1.82) is 0 Å². The van der Waals surface area contributed by atoms with Crippen molar-refractivity contribution in [2.45, 2.75) is 10.6 Å². The van der Waals surface area contributed by atoms with E-state index in [1.807, 2.05) is 7.05 Å².